The van der Waals surface area contributed by atoms with Crippen molar-refractivity contribution in [1.82, 2.24) is 0 Å². The predicted molar refractivity (Wildman–Crippen MR) is 81.7 cm³/mol. The highest BCUT2D eigenvalue weighted by Crippen LogP contribution is 2.37. The van der Waals surface area contributed by atoms with E-state index in [2.05, 4.69) is 0 Å². The zero-order chi connectivity index (χ0) is 19.6. The fraction of sp³-hybridized carbons (Fsp3) is 0.462. The first-order valence-corrected chi connectivity index (χ1v) is 8.53. The van der Waals surface area contributed by atoms with Gasteiger partial charge >= 0.3 is 6.18 Å². The van der Waals surface area contributed by atoms with Crippen molar-refractivity contribution in [2.75, 3.05) is 11.1 Å². The maximum absolute atomic E-state index is 12.9. The van der Waals surface area contributed by atoms with Gasteiger partial charge in [0.25, 0.3) is 5.69 Å². The van der Waals surface area contributed by atoms with E-state index in [1.54, 1.807) is 0 Å². The third-order valence-corrected chi connectivity index (χ3v) is 5.39. The van der Waals surface area contributed by atoms with Crippen molar-refractivity contribution in [3.05, 3.63) is 33.9 Å². The Kier molecular flexibility index (Phi) is 6.13. The zero-order valence-corrected chi connectivity index (χ0v) is 13.9. The third-order valence-electron chi connectivity index (χ3n) is 3.15. The van der Waals surface area contributed by atoms with Gasteiger partial charge in [0, 0.05) is 11.8 Å². The lowest BCUT2D eigenvalue weighted by molar-refractivity contribution is -0.388. The Morgan fingerprint density at radius 3 is 2.36 bits per heavy atom. The van der Waals surface area contributed by atoms with Gasteiger partial charge in [0.05, 0.1) is 16.8 Å². The van der Waals surface area contributed by atoms with E-state index in [-0.39, 0.29) is 0 Å². The molecule has 0 bridgehead atoms. The molecule has 25 heavy (non-hydrogen) atoms. The first-order valence-electron chi connectivity index (χ1n) is 6.82. The zero-order valence-electron chi connectivity index (χ0n) is 13.1. The largest absolute Gasteiger partial charge is 0.423 e. The Labute approximate surface area is 140 Å². The molecule has 0 aliphatic carbocycles. The molecule has 0 spiro atoms. The number of amides is 1. The molecule has 0 aliphatic heterocycles. The van der Waals surface area contributed by atoms with Crippen LogP contribution in [0.4, 0.5) is 24.5 Å². The first kappa shape index (κ1) is 20.8. The number of aliphatic hydroxyl groups is 1. The molecule has 2 atom stereocenters. The third kappa shape index (κ3) is 5.39. The monoisotopic (exact) mass is 384 g/mol. The molecule has 1 aromatic rings. The maximum Gasteiger partial charge on any atom is 0.423 e. The molecule has 0 aliphatic rings. The molecular formula is C13H15F3N2O6S. The van der Waals surface area contributed by atoms with Gasteiger partial charge in [0.2, 0.25) is 5.91 Å². The van der Waals surface area contributed by atoms with Gasteiger partial charge in [-0.2, -0.15) is 13.2 Å². The molecule has 1 aromatic carbocycles. The van der Waals surface area contributed by atoms with E-state index in [0.29, 0.717) is 12.1 Å². The van der Waals surface area contributed by atoms with Crippen LogP contribution in [0, 0.1) is 10.1 Å². The second-order valence-corrected chi connectivity index (χ2v) is 7.66. The summed E-state index contributed by atoms with van der Waals surface area (Å²) < 4.78 is 62.3. The maximum atomic E-state index is 12.9. The van der Waals surface area contributed by atoms with Crippen molar-refractivity contribution in [3.8, 4) is 0 Å². The average molecular weight is 384 g/mol. The van der Waals surface area contributed by atoms with Gasteiger partial charge in [-0.25, -0.2) is 8.42 Å². The van der Waals surface area contributed by atoms with Gasteiger partial charge in [-0.3, -0.25) is 14.9 Å². The minimum Gasteiger partial charge on any atom is -0.392 e. The lowest BCUT2D eigenvalue weighted by Gasteiger charge is -2.15. The average Bonchev–Trinajstić information content (AvgIpc) is 2.43. The lowest BCUT2D eigenvalue weighted by Crippen LogP contribution is -2.36. The molecular weight excluding hydrogens is 369 g/mol. The van der Waals surface area contributed by atoms with Crippen LogP contribution in [-0.2, 0) is 20.8 Å². The summed E-state index contributed by atoms with van der Waals surface area (Å²) in [6.45, 7) is 2.22. The van der Waals surface area contributed by atoms with Gasteiger partial charge in [0.15, 0.2) is 9.84 Å². The van der Waals surface area contributed by atoms with Crippen LogP contribution in [-0.4, -0.2) is 41.5 Å². The SMILES string of the molecule is CC(O)CS(=O)(=O)C(C)C(=O)Nc1ccc([N+](=O)[O-])c(C(F)(F)F)c1. The first-order chi connectivity index (χ1) is 11.3. The van der Waals surface area contributed by atoms with Gasteiger partial charge in [-0.1, -0.05) is 0 Å². The summed E-state index contributed by atoms with van der Waals surface area (Å²) >= 11 is 0. The van der Waals surface area contributed by atoms with E-state index >= 15 is 0 Å². The van der Waals surface area contributed by atoms with Gasteiger partial charge in [-0.05, 0) is 26.0 Å². The number of benzene rings is 1. The highest BCUT2D eigenvalue weighted by atomic mass is 32.2. The van der Waals surface area contributed by atoms with E-state index in [1.807, 2.05) is 5.32 Å². The number of alkyl halides is 3. The summed E-state index contributed by atoms with van der Waals surface area (Å²) in [6, 6.07) is 1.77. The number of hydrogen-bond donors (Lipinski definition) is 2. The molecule has 12 heteroatoms. The number of nitrogens with zero attached hydrogens (tertiary/aromatic N) is 1. The van der Waals surface area contributed by atoms with Crippen LogP contribution in [0.5, 0.6) is 0 Å². The summed E-state index contributed by atoms with van der Waals surface area (Å²) in [4.78, 5) is 21.4. The van der Waals surface area contributed by atoms with Crippen LogP contribution in [0.15, 0.2) is 18.2 Å². The van der Waals surface area contributed by atoms with Crippen molar-refractivity contribution in [1.29, 1.82) is 0 Å². The van der Waals surface area contributed by atoms with Crippen molar-refractivity contribution < 1.29 is 36.4 Å². The standard InChI is InChI=1S/C13H15F3N2O6S/c1-7(19)6-25(23,24)8(2)12(20)17-9-3-4-11(18(21)22)10(5-9)13(14,15)16/h3-5,7-8,19H,6H2,1-2H3,(H,17,20). The normalized spacial score (nSPS) is 14.6. The number of nitro groups is 1. The number of nitrogens with one attached hydrogen (secondary N) is 1. The second-order valence-electron chi connectivity index (χ2n) is 5.30. The van der Waals surface area contributed by atoms with Gasteiger partial charge in [-0.15, -0.1) is 0 Å². The molecule has 0 saturated carbocycles. The highest BCUT2D eigenvalue weighted by Gasteiger charge is 2.39. The molecule has 0 heterocycles. The van der Waals surface area contributed by atoms with E-state index in [1.165, 1.54) is 6.92 Å². The number of aliphatic hydroxyl groups excluding tert-OH is 1. The Bertz CT molecular complexity index is 776. The molecule has 140 valence electrons. The minimum atomic E-state index is -5.03. The number of halogens is 3. The number of nitro benzene ring substituents is 1. The molecule has 0 saturated heterocycles. The summed E-state index contributed by atoms with van der Waals surface area (Å²) in [7, 11) is -4.03. The molecule has 0 aromatic heterocycles. The van der Waals surface area contributed by atoms with Crippen LogP contribution in [0.25, 0.3) is 0 Å². The predicted octanol–water partition coefficient (Wildman–Crippen LogP) is 1.74. The van der Waals surface area contributed by atoms with Crippen molar-refractivity contribution >= 4 is 27.1 Å². The van der Waals surface area contributed by atoms with Gasteiger partial charge in [0.1, 0.15) is 10.8 Å². The van der Waals surface area contributed by atoms with Crippen LogP contribution in [0.3, 0.4) is 0 Å². The number of sulfone groups is 1. The number of anilines is 1. The van der Waals surface area contributed by atoms with E-state index in [9.17, 15) is 36.5 Å². The Balaban J connectivity index is 3.11. The summed E-state index contributed by atoms with van der Waals surface area (Å²) in [5.41, 5.74) is -3.21. The Morgan fingerprint density at radius 2 is 1.92 bits per heavy atom. The van der Waals surface area contributed by atoms with E-state index in [4.69, 9.17) is 5.11 Å². The summed E-state index contributed by atoms with van der Waals surface area (Å²) in [5, 5.41) is 20.1. The fourth-order valence-electron chi connectivity index (χ4n) is 1.89. The van der Waals surface area contributed by atoms with E-state index < -0.39 is 60.9 Å². The summed E-state index contributed by atoms with van der Waals surface area (Å²) in [5.74, 6) is -1.82. The summed E-state index contributed by atoms with van der Waals surface area (Å²) in [6.07, 6.45) is -6.26. The smallest absolute Gasteiger partial charge is 0.392 e. The molecule has 2 N–H and O–H groups in total. The van der Waals surface area contributed by atoms with Crippen LogP contribution in [0.1, 0.15) is 19.4 Å². The van der Waals surface area contributed by atoms with Crippen LogP contribution < -0.4 is 5.32 Å². The lowest BCUT2D eigenvalue weighted by atomic mass is 10.1. The molecule has 0 fully saturated rings. The number of carbonyl (C=O) groups excluding carboxylic acids is 1. The van der Waals surface area contributed by atoms with Crippen LogP contribution >= 0.6 is 0 Å². The van der Waals surface area contributed by atoms with Crippen LogP contribution in [0.2, 0.25) is 0 Å². The quantitative estimate of drug-likeness (QED) is 0.568. The topological polar surface area (TPSA) is 127 Å². The number of hydrogen-bond acceptors (Lipinski definition) is 6. The van der Waals surface area contributed by atoms with E-state index in [0.717, 1.165) is 13.0 Å². The second kappa shape index (κ2) is 7.35. The Hall–Kier alpha value is -2.21. The molecule has 1 rings (SSSR count). The molecule has 0 radical (unpaired) electrons. The molecule has 2 unspecified atom stereocenters. The highest BCUT2D eigenvalue weighted by molar-refractivity contribution is 7.92. The van der Waals surface area contributed by atoms with Crippen molar-refractivity contribution in [2.45, 2.75) is 31.4 Å². The van der Waals surface area contributed by atoms with Crippen molar-refractivity contribution in [2.24, 2.45) is 0 Å². The fourth-order valence-corrected chi connectivity index (χ4v) is 3.23. The van der Waals surface area contributed by atoms with Gasteiger partial charge < -0.3 is 10.4 Å². The molecule has 8 nitrogen and oxygen atoms in total. The molecule has 1 amide bonds. The van der Waals surface area contributed by atoms with Crippen molar-refractivity contribution in [3.63, 3.8) is 0 Å². The number of rotatable bonds is 6. The number of carbonyl (C=O) groups is 1. The minimum absolute atomic E-state index is 0.351. The Morgan fingerprint density at radius 1 is 1.36 bits per heavy atom.